The van der Waals surface area contributed by atoms with Crippen molar-refractivity contribution in [1.82, 2.24) is 9.38 Å². The van der Waals surface area contributed by atoms with Gasteiger partial charge in [0, 0.05) is 22.6 Å². The Bertz CT molecular complexity index is 1010. The summed E-state index contributed by atoms with van der Waals surface area (Å²) in [5.74, 6) is -1.13. The average Bonchev–Trinajstić information content (AvgIpc) is 2.99. The molecule has 0 radical (unpaired) electrons. The lowest BCUT2D eigenvalue weighted by molar-refractivity contribution is 0.386. The zero-order valence-electron chi connectivity index (χ0n) is 15.8. The van der Waals surface area contributed by atoms with Gasteiger partial charge in [-0.3, -0.25) is 4.40 Å². The van der Waals surface area contributed by atoms with Crippen LogP contribution in [-0.2, 0) is 0 Å². The number of nitrogen functional groups attached to an aromatic ring is 1. The van der Waals surface area contributed by atoms with Gasteiger partial charge in [0.15, 0.2) is 17.4 Å². The van der Waals surface area contributed by atoms with E-state index < -0.39 is 11.6 Å². The van der Waals surface area contributed by atoms with Gasteiger partial charge in [0.2, 0.25) is 0 Å². The van der Waals surface area contributed by atoms with E-state index in [1.807, 2.05) is 6.20 Å². The summed E-state index contributed by atoms with van der Waals surface area (Å²) in [6.45, 7) is 6.24. The molecule has 144 valence electrons. The monoisotopic (exact) mass is 393 g/mol. The lowest BCUT2D eigenvalue weighted by atomic mass is 10.1. The summed E-state index contributed by atoms with van der Waals surface area (Å²) in [6.07, 6.45) is 3.29. The van der Waals surface area contributed by atoms with E-state index in [9.17, 15) is 8.78 Å². The van der Waals surface area contributed by atoms with Gasteiger partial charge in [-0.05, 0) is 6.07 Å². The lowest BCUT2D eigenvalue weighted by Gasteiger charge is -2.20. The highest BCUT2D eigenvalue weighted by Crippen LogP contribution is 2.40. The molecular formula is C19H21F2N3O2S. The van der Waals surface area contributed by atoms with Gasteiger partial charge in [0.05, 0.1) is 31.0 Å². The van der Waals surface area contributed by atoms with Crippen LogP contribution in [-0.4, -0.2) is 28.4 Å². The Hall–Kier alpha value is -2.48. The Morgan fingerprint density at radius 3 is 2.44 bits per heavy atom. The number of halogens is 2. The third kappa shape index (κ3) is 3.53. The molecule has 0 saturated carbocycles. The van der Waals surface area contributed by atoms with Crippen molar-refractivity contribution in [3.8, 4) is 22.8 Å². The zero-order chi connectivity index (χ0) is 19.9. The molecule has 27 heavy (non-hydrogen) atoms. The van der Waals surface area contributed by atoms with Crippen LogP contribution >= 0.6 is 11.8 Å². The fourth-order valence-electron chi connectivity index (χ4n) is 2.78. The van der Waals surface area contributed by atoms with Crippen molar-refractivity contribution in [2.75, 3.05) is 20.0 Å². The van der Waals surface area contributed by atoms with Crippen molar-refractivity contribution >= 4 is 23.1 Å². The first-order valence-corrected chi connectivity index (χ1v) is 9.04. The molecule has 3 rings (SSSR count). The number of nitrogens with two attached hydrogens (primary N) is 1. The van der Waals surface area contributed by atoms with Crippen molar-refractivity contribution in [1.29, 1.82) is 0 Å². The molecule has 0 saturated heterocycles. The molecule has 0 amide bonds. The second-order valence-electron chi connectivity index (χ2n) is 6.96. The number of ether oxygens (including phenoxy) is 2. The van der Waals surface area contributed by atoms with E-state index in [1.54, 1.807) is 29.3 Å². The van der Waals surface area contributed by atoms with Crippen LogP contribution in [0.2, 0.25) is 0 Å². The van der Waals surface area contributed by atoms with Gasteiger partial charge >= 0.3 is 0 Å². The Balaban J connectivity index is 2.24. The SMILES string of the molecule is COc1cc2ncc(-c3cc(F)c(OC)c(N)c3F)n2cc1SC(C)(C)C. The van der Waals surface area contributed by atoms with E-state index in [2.05, 4.69) is 25.8 Å². The van der Waals surface area contributed by atoms with Gasteiger partial charge in [-0.1, -0.05) is 20.8 Å². The number of aromatic nitrogens is 2. The molecule has 0 atom stereocenters. The smallest absolute Gasteiger partial charge is 0.180 e. The van der Waals surface area contributed by atoms with E-state index in [1.165, 1.54) is 13.3 Å². The summed E-state index contributed by atoms with van der Waals surface area (Å²) in [7, 11) is 2.83. The largest absolute Gasteiger partial charge is 0.495 e. The highest BCUT2D eigenvalue weighted by molar-refractivity contribution is 8.00. The molecule has 0 spiro atoms. The number of rotatable bonds is 4. The van der Waals surface area contributed by atoms with Crippen LogP contribution in [0.1, 0.15) is 20.8 Å². The maximum absolute atomic E-state index is 14.8. The van der Waals surface area contributed by atoms with Crippen molar-refractivity contribution in [2.24, 2.45) is 0 Å². The molecule has 0 aliphatic rings. The molecule has 5 nitrogen and oxygen atoms in total. The predicted octanol–water partition coefficient (Wildman–Crippen LogP) is 4.77. The average molecular weight is 393 g/mol. The minimum Gasteiger partial charge on any atom is -0.495 e. The quantitative estimate of drug-likeness (QED) is 0.511. The van der Waals surface area contributed by atoms with E-state index >= 15 is 0 Å². The number of methoxy groups -OCH3 is 2. The van der Waals surface area contributed by atoms with Crippen molar-refractivity contribution in [2.45, 2.75) is 30.4 Å². The van der Waals surface area contributed by atoms with E-state index in [0.29, 0.717) is 17.1 Å². The molecule has 0 aliphatic carbocycles. The summed E-state index contributed by atoms with van der Waals surface area (Å²) >= 11 is 1.60. The first kappa shape index (κ1) is 19.3. The predicted molar refractivity (Wildman–Crippen MR) is 104 cm³/mol. The molecule has 0 unspecified atom stereocenters. The number of benzene rings is 1. The summed E-state index contributed by atoms with van der Waals surface area (Å²) in [6, 6.07) is 2.83. The van der Waals surface area contributed by atoms with Crippen LogP contribution in [0.25, 0.3) is 16.9 Å². The number of anilines is 1. The fraction of sp³-hybridized carbons (Fsp3) is 0.316. The topological polar surface area (TPSA) is 61.8 Å². The summed E-state index contributed by atoms with van der Waals surface area (Å²) in [5.41, 5.74) is 6.28. The number of hydrogen-bond acceptors (Lipinski definition) is 5. The minimum absolute atomic E-state index is 0.00942. The summed E-state index contributed by atoms with van der Waals surface area (Å²) in [5, 5.41) is 0. The fourth-order valence-corrected chi connectivity index (χ4v) is 3.84. The molecule has 2 aromatic heterocycles. The highest BCUT2D eigenvalue weighted by Gasteiger charge is 2.22. The van der Waals surface area contributed by atoms with Crippen molar-refractivity contribution in [3.05, 3.63) is 36.2 Å². The lowest BCUT2D eigenvalue weighted by Crippen LogP contribution is -2.08. The minimum atomic E-state index is -0.754. The molecule has 3 aromatic rings. The molecule has 0 aliphatic heterocycles. The summed E-state index contributed by atoms with van der Waals surface area (Å²) < 4.78 is 41.0. The first-order valence-electron chi connectivity index (χ1n) is 8.22. The van der Waals surface area contributed by atoms with E-state index in [4.69, 9.17) is 15.2 Å². The van der Waals surface area contributed by atoms with Crippen molar-refractivity contribution in [3.63, 3.8) is 0 Å². The molecular weight excluding hydrogens is 372 g/mol. The van der Waals surface area contributed by atoms with Crippen molar-refractivity contribution < 1.29 is 18.3 Å². The maximum Gasteiger partial charge on any atom is 0.180 e. The maximum atomic E-state index is 14.8. The van der Waals surface area contributed by atoms with Crippen LogP contribution in [0, 0.1) is 11.6 Å². The standard InChI is InChI=1S/C19H21F2N3O2S/c1-19(2,3)27-14-9-24-12(8-23-15(24)7-13(14)25-4)10-6-11(20)18(26-5)17(22)16(10)21/h6-9H,22H2,1-5H3. The number of nitrogens with zero attached hydrogens (tertiary/aromatic N) is 2. The van der Waals surface area contributed by atoms with Crippen LogP contribution in [0.4, 0.5) is 14.5 Å². The second-order valence-corrected chi connectivity index (χ2v) is 8.83. The Labute approximate surface area is 160 Å². The Kier molecular flexibility index (Phi) is 4.94. The zero-order valence-corrected chi connectivity index (χ0v) is 16.6. The van der Waals surface area contributed by atoms with Gasteiger partial charge < -0.3 is 15.2 Å². The third-order valence-electron chi connectivity index (χ3n) is 3.90. The molecule has 1 aromatic carbocycles. The number of thioether (sulfide) groups is 1. The number of pyridine rings is 1. The van der Waals surface area contributed by atoms with E-state index in [0.717, 1.165) is 11.0 Å². The number of imidazole rings is 1. The van der Waals surface area contributed by atoms with E-state index in [-0.39, 0.29) is 21.7 Å². The number of fused-ring (bicyclic) bond motifs is 1. The van der Waals surface area contributed by atoms with Gasteiger partial charge in [-0.2, -0.15) is 0 Å². The van der Waals surface area contributed by atoms with Gasteiger partial charge in [0.25, 0.3) is 0 Å². The Morgan fingerprint density at radius 2 is 1.85 bits per heavy atom. The summed E-state index contributed by atoms with van der Waals surface area (Å²) in [4.78, 5) is 5.16. The van der Waals surface area contributed by atoms with Crippen LogP contribution in [0.15, 0.2) is 29.4 Å². The third-order valence-corrected chi connectivity index (χ3v) is 5.04. The molecule has 8 heteroatoms. The normalized spacial score (nSPS) is 11.8. The van der Waals surface area contributed by atoms with Crippen LogP contribution in [0.5, 0.6) is 11.5 Å². The second kappa shape index (κ2) is 6.92. The highest BCUT2D eigenvalue weighted by atomic mass is 32.2. The van der Waals surface area contributed by atoms with Gasteiger partial charge in [-0.15, -0.1) is 11.8 Å². The molecule has 0 fully saturated rings. The number of hydrogen-bond donors (Lipinski definition) is 1. The van der Waals surface area contributed by atoms with Crippen LogP contribution in [0.3, 0.4) is 0 Å². The molecule has 2 heterocycles. The molecule has 2 N–H and O–H groups in total. The van der Waals surface area contributed by atoms with Gasteiger partial charge in [-0.25, -0.2) is 13.8 Å². The Morgan fingerprint density at radius 1 is 1.15 bits per heavy atom. The first-order chi connectivity index (χ1) is 12.7. The molecule has 0 bridgehead atoms. The van der Waals surface area contributed by atoms with Crippen LogP contribution < -0.4 is 15.2 Å². The van der Waals surface area contributed by atoms with Gasteiger partial charge in [0.1, 0.15) is 17.1 Å².